The van der Waals surface area contributed by atoms with Crippen molar-refractivity contribution in [1.82, 2.24) is 9.97 Å². The van der Waals surface area contributed by atoms with Crippen molar-refractivity contribution >= 4 is 25.0 Å². The molecule has 2 aliphatic rings. The molecule has 7 N–H and O–H groups in total. The van der Waals surface area contributed by atoms with Gasteiger partial charge in [0, 0.05) is 13.5 Å². The molecule has 24 heavy (non-hydrogen) atoms. The van der Waals surface area contributed by atoms with Crippen LogP contribution in [0.2, 0.25) is 0 Å². The second-order valence-electron chi connectivity index (χ2n) is 5.82. The van der Waals surface area contributed by atoms with Crippen molar-refractivity contribution in [3.63, 3.8) is 0 Å². The first-order valence-electron chi connectivity index (χ1n) is 7.00. The SMILES string of the molecule is CN1CN([C@H]2C[C@@](O)(P(=O)(O)O)[C@@H](CO)O2)c2nc(N)[nH]c(=O)c21. The van der Waals surface area contributed by atoms with Crippen molar-refractivity contribution < 1.29 is 29.3 Å². The predicted molar refractivity (Wildman–Crippen MR) is 82.4 cm³/mol. The molecular weight excluding hydrogens is 345 g/mol. The van der Waals surface area contributed by atoms with Crippen molar-refractivity contribution in [3.8, 4) is 0 Å². The highest BCUT2D eigenvalue weighted by Crippen LogP contribution is 2.57. The van der Waals surface area contributed by atoms with Gasteiger partial charge in [0.25, 0.3) is 5.56 Å². The number of nitrogen functional groups attached to an aromatic ring is 1. The number of aromatic nitrogens is 2. The Balaban J connectivity index is 1.99. The van der Waals surface area contributed by atoms with Gasteiger partial charge in [-0.05, 0) is 0 Å². The zero-order valence-electron chi connectivity index (χ0n) is 12.7. The Labute approximate surface area is 135 Å². The third-order valence-corrected chi connectivity index (χ3v) is 5.72. The summed E-state index contributed by atoms with van der Waals surface area (Å²) < 4.78 is 17.1. The Hall–Kier alpha value is -1.69. The molecule has 134 valence electrons. The summed E-state index contributed by atoms with van der Waals surface area (Å²) in [5.74, 6) is 0.0522. The van der Waals surface area contributed by atoms with Crippen LogP contribution >= 0.6 is 7.60 Å². The van der Waals surface area contributed by atoms with Gasteiger partial charge in [0.2, 0.25) is 5.95 Å². The Morgan fingerprint density at radius 1 is 1.54 bits per heavy atom. The van der Waals surface area contributed by atoms with Gasteiger partial charge in [-0.25, -0.2) is 0 Å². The van der Waals surface area contributed by atoms with Crippen molar-refractivity contribution in [2.75, 3.05) is 35.9 Å². The third kappa shape index (κ3) is 2.39. The van der Waals surface area contributed by atoms with Gasteiger partial charge >= 0.3 is 7.60 Å². The van der Waals surface area contributed by atoms with E-state index in [1.54, 1.807) is 11.9 Å². The van der Waals surface area contributed by atoms with Crippen LogP contribution in [0.1, 0.15) is 6.42 Å². The van der Waals surface area contributed by atoms with Gasteiger partial charge in [-0.3, -0.25) is 14.3 Å². The molecule has 13 heteroatoms. The maximum Gasteiger partial charge on any atom is 0.359 e. The quantitative estimate of drug-likeness (QED) is 0.313. The molecule has 1 saturated heterocycles. The van der Waals surface area contributed by atoms with E-state index in [1.165, 1.54) is 4.90 Å². The Kier molecular flexibility index (Phi) is 3.86. The van der Waals surface area contributed by atoms with E-state index in [-0.39, 0.29) is 24.1 Å². The molecule has 2 aliphatic heterocycles. The number of H-pyrrole nitrogens is 1. The first kappa shape index (κ1) is 17.1. The van der Waals surface area contributed by atoms with Crippen LogP contribution in [0.25, 0.3) is 0 Å². The van der Waals surface area contributed by atoms with Crippen LogP contribution in [-0.4, -0.2) is 68.0 Å². The summed E-state index contributed by atoms with van der Waals surface area (Å²) in [7, 11) is -3.35. The average Bonchev–Trinajstić information content (AvgIpc) is 2.96. The standard InChI is InChI=1S/C11H18N5O7P/c1-15-4-16(8-7(15)9(18)14-10(12)13-8)6-2-11(19,24(20,21)22)5(3-17)23-6/h5-6,17,19H,2-4H2,1H3,(H2,20,21,22)(H3,12,13,14,18)/t5-,6-,11-/m1/s1. The molecule has 0 amide bonds. The van der Waals surface area contributed by atoms with Gasteiger partial charge in [0.15, 0.2) is 11.2 Å². The van der Waals surface area contributed by atoms with Crippen molar-refractivity contribution in [1.29, 1.82) is 0 Å². The number of anilines is 3. The number of ether oxygens (including phenoxy) is 1. The van der Waals surface area contributed by atoms with E-state index in [0.717, 1.165) is 0 Å². The van der Waals surface area contributed by atoms with Crippen molar-refractivity contribution in [2.24, 2.45) is 0 Å². The number of aromatic amines is 1. The lowest BCUT2D eigenvalue weighted by Gasteiger charge is -2.27. The summed E-state index contributed by atoms with van der Waals surface area (Å²) in [6.45, 7) is -0.644. The van der Waals surface area contributed by atoms with Crippen molar-refractivity contribution in [3.05, 3.63) is 10.4 Å². The molecule has 3 rings (SSSR count). The van der Waals surface area contributed by atoms with E-state index in [2.05, 4.69) is 9.97 Å². The predicted octanol–water partition coefficient (Wildman–Crippen LogP) is -2.46. The van der Waals surface area contributed by atoms with Gasteiger partial charge < -0.3 is 40.3 Å². The fourth-order valence-electron chi connectivity index (χ4n) is 3.02. The van der Waals surface area contributed by atoms with Crippen LogP contribution < -0.4 is 21.1 Å². The minimum Gasteiger partial charge on any atom is -0.394 e. The molecule has 1 aromatic heterocycles. The van der Waals surface area contributed by atoms with Crippen LogP contribution in [0.5, 0.6) is 0 Å². The topological polar surface area (TPSA) is 185 Å². The molecule has 1 aromatic rings. The molecule has 0 bridgehead atoms. The third-order valence-electron chi connectivity index (χ3n) is 4.24. The fraction of sp³-hybridized carbons (Fsp3) is 0.636. The van der Waals surface area contributed by atoms with Gasteiger partial charge in [-0.2, -0.15) is 4.98 Å². The maximum atomic E-state index is 12.0. The summed E-state index contributed by atoms with van der Waals surface area (Å²) in [4.78, 5) is 40.3. The first-order chi connectivity index (χ1) is 11.1. The molecule has 0 unspecified atom stereocenters. The minimum absolute atomic E-state index is 0.124. The van der Waals surface area contributed by atoms with Gasteiger partial charge in [0.1, 0.15) is 18.0 Å². The summed E-state index contributed by atoms with van der Waals surface area (Å²) in [5.41, 5.74) is 5.30. The molecule has 1 fully saturated rings. The monoisotopic (exact) mass is 363 g/mol. The number of hydrogen-bond acceptors (Lipinski definition) is 9. The number of hydrogen-bond donors (Lipinski definition) is 6. The summed E-state index contributed by atoms with van der Waals surface area (Å²) >= 11 is 0. The number of aliphatic hydroxyl groups is 2. The van der Waals surface area contributed by atoms with Crippen molar-refractivity contribution in [2.45, 2.75) is 24.1 Å². The minimum atomic E-state index is -4.98. The van der Waals surface area contributed by atoms with Gasteiger partial charge in [-0.15, -0.1) is 0 Å². The Morgan fingerprint density at radius 3 is 2.75 bits per heavy atom. The van der Waals surface area contributed by atoms with Gasteiger partial charge in [0.05, 0.1) is 13.3 Å². The summed E-state index contributed by atoms with van der Waals surface area (Å²) in [6.07, 6.45) is -2.95. The number of nitrogens with two attached hydrogens (primary N) is 1. The van der Waals surface area contributed by atoms with Gasteiger partial charge in [-0.1, -0.05) is 0 Å². The average molecular weight is 363 g/mol. The van der Waals surface area contributed by atoms with Crippen LogP contribution in [0.4, 0.5) is 17.5 Å². The van der Waals surface area contributed by atoms with E-state index in [4.69, 9.17) is 10.5 Å². The zero-order chi connectivity index (χ0) is 17.9. The maximum absolute atomic E-state index is 12.0. The molecule has 0 radical (unpaired) electrons. The van der Waals surface area contributed by atoms with E-state index < -0.39 is 43.9 Å². The number of nitrogens with one attached hydrogen (secondary N) is 1. The molecule has 3 heterocycles. The van der Waals surface area contributed by atoms with Crippen LogP contribution in [0, 0.1) is 0 Å². The molecule has 3 atom stereocenters. The second kappa shape index (κ2) is 5.41. The van der Waals surface area contributed by atoms with E-state index >= 15 is 0 Å². The Bertz CT molecular complexity index is 766. The lowest BCUT2D eigenvalue weighted by Crippen LogP contribution is -2.40. The Morgan fingerprint density at radius 2 is 2.21 bits per heavy atom. The highest BCUT2D eigenvalue weighted by atomic mass is 31.2. The number of rotatable bonds is 3. The van der Waals surface area contributed by atoms with E-state index in [1.807, 2.05) is 0 Å². The van der Waals surface area contributed by atoms with Crippen LogP contribution in [0.3, 0.4) is 0 Å². The lowest BCUT2D eigenvalue weighted by molar-refractivity contribution is -0.0445. The van der Waals surface area contributed by atoms with E-state index in [9.17, 15) is 29.4 Å². The fourth-order valence-corrected chi connectivity index (χ4v) is 3.94. The number of aliphatic hydroxyl groups excluding tert-OH is 1. The number of nitrogens with zero attached hydrogens (tertiary/aromatic N) is 3. The lowest BCUT2D eigenvalue weighted by atomic mass is 10.1. The first-order valence-corrected chi connectivity index (χ1v) is 8.61. The highest BCUT2D eigenvalue weighted by molar-refractivity contribution is 7.53. The number of fused-ring (bicyclic) bond motifs is 1. The summed E-state index contributed by atoms with van der Waals surface area (Å²) in [5, 5.41) is 17.1. The van der Waals surface area contributed by atoms with Crippen LogP contribution in [0.15, 0.2) is 4.79 Å². The normalized spacial score (nSPS) is 30.0. The largest absolute Gasteiger partial charge is 0.394 e. The highest BCUT2D eigenvalue weighted by Gasteiger charge is 2.60. The molecule has 0 spiro atoms. The molecule has 12 nitrogen and oxygen atoms in total. The molecular formula is C11H18N5O7P. The van der Waals surface area contributed by atoms with Crippen LogP contribution in [-0.2, 0) is 9.30 Å². The molecule has 0 aliphatic carbocycles. The van der Waals surface area contributed by atoms with E-state index in [0.29, 0.717) is 0 Å². The molecule has 0 aromatic carbocycles. The molecule has 0 saturated carbocycles. The zero-order valence-corrected chi connectivity index (χ0v) is 13.6. The summed E-state index contributed by atoms with van der Waals surface area (Å²) in [6, 6.07) is 0. The second-order valence-corrected chi connectivity index (χ2v) is 7.68. The smallest absolute Gasteiger partial charge is 0.359 e.